The largest absolute Gasteiger partial charge is 0.310 e. The van der Waals surface area contributed by atoms with Crippen molar-refractivity contribution in [2.45, 2.75) is 0 Å². The molecule has 0 saturated heterocycles. The number of benzene rings is 9. The first-order valence-electron chi connectivity index (χ1n) is 19.2. The Morgan fingerprint density at radius 1 is 0.304 bits per heavy atom. The van der Waals surface area contributed by atoms with Gasteiger partial charge in [0.1, 0.15) is 0 Å². The average molecular weight is 715 g/mol. The molecule has 0 aliphatic heterocycles. The Bertz CT molecular complexity index is 2940. The minimum atomic E-state index is 1.08. The summed E-state index contributed by atoms with van der Waals surface area (Å²) in [7, 11) is 0. The highest BCUT2D eigenvalue weighted by atomic mass is 15.1. The van der Waals surface area contributed by atoms with Gasteiger partial charge in [0.15, 0.2) is 0 Å². The van der Waals surface area contributed by atoms with Gasteiger partial charge in [-0.2, -0.15) is 0 Å². The first-order valence-corrected chi connectivity index (χ1v) is 19.2. The summed E-state index contributed by atoms with van der Waals surface area (Å²) in [5.74, 6) is 0. The molecule has 0 amide bonds. The Balaban J connectivity index is 1.19. The first-order chi connectivity index (χ1) is 27.8. The van der Waals surface area contributed by atoms with E-state index in [2.05, 4.69) is 240 Å². The van der Waals surface area contributed by atoms with Crippen LogP contribution in [0.2, 0.25) is 0 Å². The Morgan fingerprint density at radius 3 is 1.38 bits per heavy atom. The van der Waals surface area contributed by atoms with Crippen LogP contribution in [0, 0.1) is 0 Å². The monoisotopic (exact) mass is 714 g/mol. The number of nitrogens with zero attached hydrogens (tertiary/aromatic N) is 2. The summed E-state index contributed by atoms with van der Waals surface area (Å²) >= 11 is 0. The second-order valence-electron chi connectivity index (χ2n) is 14.2. The predicted molar refractivity (Wildman–Crippen MR) is 237 cm³/mol. The van der Waals surface area contributed by atoms with E-state index in [-0.39, 0.29) is 0 Å². The molecule has 0 aliphatic carbocycles. The molecule has 0 radical (unpaired) electrons. The number of rotatable bonds is 8. The molecular weight excluding hydrogens is 677 g/mol. The van der Waals surface area contributed by atoms with E-state index in [4.69, 9.17) is 0 Å². The molecular formula is C54H38N2. The summed E-state index contributed by atoms with van der Waals surface area (Å²) in [6, 6.07) is 83.1. The van der Waals surface area contributed by atoms with Crippen LogP contribution in [0.25, 0.3) is 49.4 Å². The van der Waals surface area contributed by atoms with Crippen molar-refractivity contribution in [1.29, 1.82) is 0 Å². The smallest absolute Gasteiger partial charge is 0.0561 e. The van der Waals surface area contributed by atoms with Crippen LogP contribution in [0.5, 0.6) is 0 Å². The van der Waals surface area contributed by atoms with Gasteiger partial charge in [-0.15, -0.1) is 0 Å². The minimum absolute atomic E-state index is 1.08. The third-order valence-corrected chi connectivity index (χ3v) is 10.8. The van der Waals surface area contributed by atoms with Gasteiger partial charge in [-0.25, -0.2) is 0 Å². The molecule has 10 rings (SSSR count). The molecule has 1 heterocycles. The lowest BCUT2D eigenvalue weighted by molar-refractivity contribution is 1.18. The third kappa shape index (κ3) is 6.04. The lowest BCUT2D eigenvalue weighted by Gasteiger charge is -2.27. The van der Waals surface area contributed by atoms with Crippen LogP contribution in [-0.2, 0) is 0 Å². The Hall–Kier alpha value is -7.42. The standard InChI is InChI=1S/C54H38N2/c1-5-18-40(19-6-1)53(41-20-7-2-8-21-41)54(42-22-9-3-10-23-42)43-30-32-46(33-31-43)55(47-34-29-39-17-13-14-24-44(39)37-47)48-35-36-50-49-27-15-16-28-51(49)56(52(50)38-48)45-25-11-4-12-26-45/h1-38H. The van der Waals surface area contributed by atoms with Gasteiger partial charge in [-0.3, -0.25) is 0 Å². The number of anilines is 3. The van der Waals surface area contributed by atoms with E-state index in [9.17, 15) is 0 Å². The number of hydrogen-bond donors (Lipinski definition) is 0. The van der Waals surface area contributed by atoms with Gasteiger partial charge in [0.2, 0.25) is 0 Å². The molecule has 0 bridgehead atoms. The Kier molecular flexibility index (Phi) is 8.55. The van der Waals surface area contributed by atoms with Crippen molar-refractivity contribution in [2.75, 3.05) is 4.90 Å². The second-order valence-corrected chi connectivity index (χ2v) is 14.2. The van der Waals surface area contributed by atoms with Crippen molar-refractivity contribution in [3.05, 3.63) is 253 Å². The van der Waals surface area contributed by atoms with Crippen molar-refractivity contribution in [1.82, 2.24) is 4.57 Å². The molecule has 1 aromatic heterocycles. The SMILES string of the molecule is c1ccc(C(=C(c2ccccc2)c2ccc(N(c3ccc4ccccc4c3)c3ccc4c5ccccc5n(-c5ccccc5)c4c3)cc2)c2ccccc2)cc1. The molecule has 2 heteroatoms. The molecule has 0 atom stereocenters. The summed E-state index contributed by atoms with van der Waals surface area (Å²) in [5, 5.41) is 4.90. The van der Waals surface area contributed by atoms with E-state index in [1.54, 1.807) is 0 Å². The number of para-hydroxylation sites is 2. The second kappa shape index (κ2) is 14.4. The fourth-order valence-electron chi connectivity index (χ4n) is 8.22. The molecule has 0 N–H and O–H groups in total. The van der Waals surface area contributed by atoms with Gasteiger partial charge in [0.25, 0.3) is 0 Å². The van der Waals surface area contributed by atoms with Crippen LogP contribution in [0.3, 0.4) is 0 Å². The lowest BCUT2D eigenvalue weighted by atomic mass is 9.86. The van der Waals surface area contributed by atoms with Crippen molar-refractivity contribution in [3.63, 3.8) is 0 Å². The van der Waals surface area contributed by atoms with Crippen molar-refractivity contribution in [2.24, 2.45) is 0 Å². The fourth-order valence-corrected chi connectivity index (χ4v) is 8.22. The van der Waals surface area contributed by atoms with Gasteiger partial charge < -0.3 is 9.47 Å². The molecule has 9 aromatic carbocycles. The highest BCUT2D eigenvalue weighted by Gasteiger charge is 2.20. The molecule has 56 heavy (non-hydrogen) atoms. The van der Waals surface area contributed by atoms with Crippen LogP contribution in [0.4, 0.5) is 17.1 Å². The van der Waals surface area contributed by atoms with Crippen LogP contribution in [0.1, 0.15) is 22.3 Å². The highest BCUT2D eigenvalue weighted by Crippen LogP contribution is 2.42. The van der Waals surface area contributed by atoms with E-state index >= 15 is 0 Å². The fraction of sp³-hybridized carbons (Fsp3) is 0. The molecule has 2 nitrogen and oxygen atoms in total. The summed E-state index contributed by atoms with van der Waals surface area (Å²) in [5.41, 5.74) is 13.9. The number of aromatic nitrogens is 1. The van der Waals surface area contributed by atoms with E-state index in [1.807, 2.05) is 0 Å². The predicted octanol–water partition coefficient (Wildman–Crippen LogP) is 14.4. The molecule has 0 unspecified atom stereocenters. The van der Waals surface area contributed by atoms with Crippen LogP contribution in [-0.4, -0.2) is 4.57 Å². The van der Waals surface area contributed by atoms with Gasteiger partial charge in [0, 0.05) is 33.5 Å². The zero-order valence-electron chi connectivity index (χ0n) is 30.8. The summed E-state index contributed by atoms with van der Waals surface area (Å²) < 4.78 is 2.39. The number of hydrogen-bond acceptors (Lipinski definition) is 1. The average Bonchev–Trinajstić information content (AvgIpc) is 3.61. The maximum atomic E-state index is 2.39. The normalized spacial score (nSPS) is 11.2. The van der Waals surface area contributed by atoms with E-state index in [0.29, 0.717) is 0 Å². The molecule has 0 saturated carbocycles. The molecule has 10 aromatic rings. The van der Waals surface area contributed by atoms with Crippen LogP contribution in [0.15, 0.2) is 231 Å². The van der Waals surface area contributed by atoms with Crippen LogP contribution < -0.4 is 4.90 Å². The molecule has 0 fully saturated rings. The van der Waals surface area contributed by atoms with Crippen LogP contribution >= 0.6 is 0 Å². The van der Waals surface area contributed by atoms with Gasteiger partial charge in [-0.1, -0.05) is 176 Å². The van der Waals surface area contributed by atoms with Crippen molar-refractivity contribution >= 4 is 60.8 Å². The third-order valence-electron chi connectivity index (χ3n) is 10.8. The van der Waals surface area contributed by atoms with Gasteiger partial charge in [0.05, 0.1) is 11.0 Å². The zero-order valence-corrected chi connectivity index (χ0v) is 30.8. The van der Waals surface area contributed by atoms with Gasteiger partial charge >= 0.3 is 0 Å². The van der Waals surface area contributed by atoms with E-state index < -0.39 is 0 Å². The summed E-state index contributed by atoms with van der Waals surface area (Å²) in [6.45, 7) is 0. The summed E-state index contributed by atoms with van der Waals surface area (Å²) in [6.07, 6.45) is 0. The van der Waals surface area contributed by atoms with E-state index in [0.717, 1.165) is 28.3 Å². The number of fused-ring (bicyclic) bond motifs is 4. The zero-order chi connectivity index (χ0) is 37.3. The lowest BCUT2D eigenvalue weighted by Crippen LogP contribution is -2.10. The van der Waals surface area contributed by atoms with Gasteiger partial charge in [-0.05, 0) is 98.8 Å². The summed E-state index contributed by atoms with van der Waals surface area (Å²) in [4.78, 5) is 2.39. The quantitative estimate of drug-likeness (QED) is 0.142. The first kappa shape index (κ1) is 33.2. The Morgan fingerprint density at radius 2 is 0.750 bits per heavy atom. The Labute approximate surface area is 327 Å². The highest BCUT2D eigenvalue weighted by molar-refractivity contribution is 6.10. The molecule has 0 aliphatic rings. The van der Waals surface area contributed by atoms with E-state index in [1.165, 1.54) is 60.4 Å². The maximum Gasteiger partial charge on any atom is 0.0561 e. The molecule has 264 valence electrons. The van der Waals surface area contributed by atoms with Crippen molar-refractivity contribution in [3.8, 4) is 5.69 Å². The topological polar surface area (TPSA) is 8.17 Å². The van der Waals surface area contributed by atoms with Crippen molar-refractivity contribution < 1.29 is 0 Å². The minimum Gasteiger partial charge on any atom is -0.310 e. The maximum absolute atomic E-state index is 2.39. The molecule has 0 spiro atoms.